The number of hydrogen-bond donors (Lipinski definition) is 1. The van der Waals surface area contributed by atoms with Crippen LogP contribution in [0.25, 0.3) is 0 Å². The van der Waals surface area contributed by atoms with Crippen LogP contribution in [0.2, 0.25) is 0 Å². The first-order valence-electron chi connectivity index (χ1n) is 9.94. The molecule has 0 bridgehead atoms. The third-order valence-corrected chi connectivity index (χ3v) is 4.74. The fourth-order valence-electron chi connectivity index (χ4n) is 3.04. The zero-order chi connectivity index (χ0) is 22.8. The molecule has 0 spiro atoms. The average Bonchev–Trinajstić information content (AvgIpc) is 2.85. The summed E-state index contributed by atoms with van der Waals surface area (Å²) >= 11 is 0. The summed E-state index contributed by atoms with van der Waals surface area (Å²) in [5, 5.41) is 13.5. The summed E-state index contributed by atoms with van der Waals surface area (Å²) < 4.78 is 21.9. The quantitative estimate of drug-likeness (QED) is 0.381. The number of hydrazone groups is 1. The van der Waals surface area contributed by atoms with E-state index < -0.39 is 0 Å². The van der Waals surface area contributed by atoms with Gasteiger partial charge in [0.25, 0.3) is 0 Å². The van der Waals surface area contributed by atoms with Crippen molar-refractivity contribution >= 4 is 6.21 Å². The van der Waals surface area contributed by atoms with Crippen LogP contribution in [0.4, 0.5) is 0 Å². The predicted molar refractivity (Wildman–Crippen MR) is 122 cm³/mol. The zero-order valence-electron chi connectivity index (χ0n) is 18.3. The van der Waals surface area contributed by atoms with E-state index in [4.69, 9.17) is 18.9 Å². The lowest BCUT2D eigenvalue weighted by atomic mass is 10.1. The summed E-state index contributed by atoms with van der Waals surface area (Å²) in [7, 11) is 4.80. The van der Waals surface area contributed by atoms with Crippen molar-refractivity contribution in [2.75, 3.05) is 21.3 Å². The minimum atomic E-state index is 0.278. The Bertz CT molecular complexity index is 1120. The summed E-state index contributed by atoms with van der Waals surface area (Å²) in [5.41, 5.74) is 6.30. The molecule has 0 atom stereocenters. The van der Waals surface area contributed by atoms with Crippen LogP contribution in [0.1, 0.15) is 22.3 Å². The van der Waals surface area contributed by atoms with E-state index in [1.54, 1.807) is 33.6 Å². The lowest BCUT2D eigenvalue weighted by Crippen LogP contribution is -2.06. The van der Waals surface area contributed by atoms with E-state index in [1.807, 2.05) is 54.6 Å². The van der Waals surface area contributed by atoms with Gasteiger partial charge in [0.15, 0.2) is 23.0 Å². The van der Waals surface area contributed by atoms with Crippen LogP contribution < -0.4 is 24.4 Å². The highest BCUT2D eigenvalue weighted by molar-refractivity contribution is 5.80. The van der Waals surface area contributed by atoms with Gasteiger partial charge in [0.2, 0.25) is 0 Å². The number of ether oxygens (including phenoxy) is 4. The highest BCUT2D eigenvalue weighted by atomic mass is 16.5. The molecule has 0 unspecified atom stereocenters. The first-order chi connectivity index (χ1) is 15.7. The largest absolute Gasteiger partial charge is 0.493 e. The van der Waals surface area contributed by atoms with Gasteiger partial charge in [0.05, 0.1) is 45.7 Å². The maximum Gasteiger partial charge on any atom is 0.161 e. The minimum absolute atomic E-state index is 0.278. The second kappa shape index (κ2) is 11.3. The molecule has 3 aromatic rings. The number of nitriles is 1. The molecular weight excluding hydrogens is 406 g/mol. The van der Waals surface area contributed by atoms with E-state index in [0.29, 0.717) is 35.1 Å². The van der Waals surface area contributed by atoms with E-state index in [-0.39, 0.29) is 6.61 Å². The number of nitrogens with zero attached hydrogens (tertiary/aromatic N) is 2. The molecule has 0 saturated heterocycles. The lowest BCUT2D eigenvalue weighted by molar-refractivity contribution is 0.284. The summed E-state index contributed by atoms with van der Waals surface area (Å²) in [6.45, 7) is 0.813. The van der Waals surface area contributed by atoms with Crippen LogP contribution in [-0.2, 0) is 13.2 Å². The van der Waals surface area contributed by atoms with Crippen molar-refractivity contribution in [3.8, 4) is 29.1 Å². The SMILES string of the molecule is COc1ccc(CN/N=C/c2ccc(OCc3ccccc3C#N)c(OC)c2)cc1OC. The van der Waals surface area contributed by atoms with Gasteiger partial charge in [-0.05, 0) is 47.5 Å². The van der Waals surface area contributed by atoms with E-state index in [1.165, 1.54) is 0 Å². The topological polar surface area (TPSA) is 85.1 Å². The van der Waals surface area contributed by atoms with Gasteiger partial charge in [0.1, 0.15) is 6.61 Å². The molecule has 0 aliphatic heterocycles. The fraction of sp³-hybridized carbons (Fsp3) is 0.200. The third kappa shape index (κ3) is 5.70. The number of hydrogen-bond acceptors (Lipinski definition) is 7. The average molecular weight is 431 g/mol. The maximum absolute atomic E-state index is 9.22. The molecule has 0 aliphatic carbocycles. The highest BCUT2D eigenvalue weighted by Gasteiger charge is 2.08. The van der Waals surface area contributed by atoms with Crippen LogP contribution in [0.3, 0.4) is 0 Å². The molecular formula is C25H25N3O4. The Labute approximate surface area is 187 Å². The summed E-state index contributed by atoms with van der Waals surface area (Å²) in [6, 6.07) is 20.8. The monoisotopic (exact) mass is 431 g/mol. The Hall–Kier alpha value is -4.18. The molecule has 3 rings (SSSR count). The zero-order valence-corrected chi connectivity index (χ0v) is 18.3. The van der Waals surface area contributed by atoms with Gasteiger partial charge in [0, 0.05) is 5.56 Å². The van der Waals surface area contributed by atoms with Gasteiger partial charge >= 0.3 is 0 Å². The van der Waals surface area contributed by atoms with Crippen molar-refractivity contribution in [2.45, 2.75) is 13.2 Å². The highest BCUT2D eigenvalue weighted by Crippen LogP contribution is 2.29. The third-order valence-electron chi connectivity index (χ3n) is 4.74. The first-order valence-corrected chi connectivity index (χ1v) is 9.94. The van der Waals surface area contributed by atoms with Crippen molar-refractivity contribution in [1.82, 2.24) is 5.43 Å². The summed E-state index contributed by atoms with van der Waals surface area (Å²) in [6.07, 6.45) is 1.71. The summed E-state index contributed by atoms with van der Waals surface area (Å²) in [4.78, 5) is 0. The molecule has 0 aromatic heterocycles. The van der Waals surface area contributed by atoms with Crippen molar-refractivity contribution in [3.05, 3.63) is 82.9 Å². The molecule has 0 heterocycles. The lowest BCUT2D eigenvalue weighted by Gasteiger charge is -2.12. The Kier molecular flexibility index (Phi) is 7.93. The predicted octanol–water partition coefficient (Wildman–Crippen LogP) is 4.29. The standard InChI is InChI=1S/C25H25N3O4/c1-29-22-10-8-18(12-24(22)30-2)15-27-28-16-19-9-11-23(25(13-19)31-3)32-17-21-7-5-4-6-20(21)14-26/h4-13,16,27H,15,17H2,1-3H3/b28-16+. The molecule has 0 amide bonds. The van der Waals surface area contributed by atoms with Crippen LogP contribution in [0.5, 0.6) is 23.0 Å². The summed E-state index contributed by atoms with van der Waals surface area (Å²) in [5.74, 6) is 2.54. The van der Waals surface area contributed by atoms with E-state index in [9.17, 15) is 5.26 Å². The van der Waals surface area contributed by atoms with Crippen molar-refractivity contribution in [1.29, 1.82) is 5.26 Å². The van der Waals surface area contributed by atoms with Crippen LogP contribution in [0.15, 0.2) is 65.8 Å². The molecule has 7 heteroatoms. The number of methoxy groups -OCH3 is 3. The van der Waals surface area contributed by atoms with Crippen LogP contribution in [-0.4, -0.2) is 27.5 Å². The Morgan fingerprint density at radius 3 is 2.34 bits per heavy atom. The fourth-order valence-corrected chi connectivity index (χ4v) is 3.04. The van der Waals surface area contributed by atoms with Gasteiger partial charge < -0.3 is 24.4 Å². The molecule has 0 radical (unpaired) electrons. The number of benzene rings is 3. The Morgan fingerprint density at radius 1 is 0.875 bits per heavy atom. The van der Waals surface area contributed by atoms with Crippen LogP contribution in [0, 0.1) is 11.3 Å². The van der Waals surface area contributed by atoms with E-state index >= 15 is 0 Å². The molecule has 3 aromatic carbocycles. The van der Waals surface area contributed by atoms with Gasteiger partial charge in [-0.2, -0.15) is 10.4 Å². The van der Waals surface area contributed by atoms with Gasteiger partial charge in [-0.15, -0.1) is 0 Å². The second-order valence-corrected chi connectivity index (χ2v) is 6.75. The normalized spacial score (nSPS) is 10.4. The minimum Gasteiger partial charge on any atom is -0.493 e. The van der Waals surface area contributed by atoms with Gasteiger partial charge in [-0.3, -0.25) is 0 Å². The molecule has 1 N–H and O–H groups in total. The molecule has 7 nitrogen and oxygen atoms in total. The van der Waals surface area contributed by atoms with Gasteiger partial charge in [-0.25, -0.2) is 0 Å². The van der Waals surface area contributed by atoms with Crippen molar-refractivity contribution in [2.24, 2.45) is 5.10 Å². The van der Waals surface area contributed by atoms with E-state index in [2.05, 4.69) is 16.6 Å². The van der Waals surface area contributed by atoms with Crippen molar-refractivity contribution < 1.29 is 18.9 Å². The number of rotatable bonds is 10. The molecule has 0 saturated carbocycles. The molecule has 164 valence electrons. The Balaban J connectivity index is 1.60. The smallest absolute Gasteiger partial charge is 0.161 e. The van der Waals surface area contributed by atoms with E-state index in [0.717, 1.165) is 16.7 Å². The Morgan fingerprint density at radius 2 is 1.59 bits per heavy atom. The number of nitrogens with one attached hydrogen (secondary N) is 1. The molecule has 0 aliphatic rings. The molecule has 32 heavy (non-hydrogen) atoms. The van der Waals surface area contributed by atoms with Crippen LogP contribution >= 0.6 is 0 Å². The van der Waals surface area contributed by atoms with Gasteiger partial charge in [-0.1, -0.05) is 24.3 Å². The maximum atomic E-state index is 9.22. The first kappa shape index (κ1) is 22.5. The molecule has 0 fully saturated rings. The second-order valence-electron chi connectivity index (χ2n) is 6.75. The van der Waals surface area contributed by atoms with Crippen molar-refractivity contribution in [3.63, 3.8) is 0 Å².